The lowest BCUT2D eigenvalue weighted by Crippen LogP contribution is -2.59. The van der Waals surface area contributed by atoms with Gasteiger partial charge in [0.15, 0.2) is 0 Å². The molecule has 3 aliphatic rings. The molecule has 2 amide bonds. The van der Waals surface area contributed by atoms with Crippen molar-refractivity contribution in [3.8, 4) is 0 Å². The predicted molar refractivity (Wildman–Crippen MR) is 105 cm³/mol. The number of hydrogen-bond donors (Lipinski definition) is 1. The highest BCUT2D eigenvalue weighted by molar-refractivity contribution is 5.83. The third-order valence-corrected chi connectivity index (χ3v) is 6.28. The SMILES string of the molecule is CC(C)(C)C(=O)N1CCN(C(C(=O)NCC2CCCO2)C2CCCC2)CC1. The molecule has 2 aliphatic heterocycles. The van der Waals surface area contributed by atoms with Crippen LogP contribution in [0.2, 0.25) is 0 Å². The largest absolute Gasteiger partial charge is 0.376 e. The van der Waals surface area contributed by atoms with Crippen LogP contribution in [0.1, 0.15) is 59.3 Å². The lowest BCUT2D eigenvalue weighted by Gasteiger charge is -2.42. The van der Waals surface area contributed by atoms with Crippen molar-refractivity contribution in [2.24, 2.45) is 11.3 Å². The van der Waals surface area contributed by atoms with E-state index in [4.69, 9.17) is 4.74 Å². The summed E-state index contributed by atoms with van der Waals surface area (Å²) in [6.07, 6.45) is 7.04. The first-order valence-electron chi connectivity index (χ1n) is 10.8. The van der Waals surface area contributed by atoms with E-state index in [2.05, 4.69) is 10.2 Å². The molecule has 1 saturated carbocycles. The van der Waals surface area contributed by atoms with Crippen molar-refractivity contribution in [2.45, 2.75) is 71.4 Å². The van der Waals surface area contributed by atoms with E-state index in [0.29, 0.717) is 12.5 Å². The zero-order valence-corrected chi connectivity index (χ0v) is 17.3. The van der Waals surface area contributed by atoms with Crippen molar-refractivity contribution in [3.63, 3.8) is 0 Å². The normalized spacial score (nSPS) is 26.3. The van der Waals surface area contributed by atoms with Gasteiger partial charge in [-0.05, 0) is 31.6 Å². The van der Waals surface area contributed by atoms with Gasteiger partial charge in [-0.25, -0.2) is 0 Å². The van der Waals surface area contributed by atoms with Gasteiger partial charge in [-0.2, -0.15) is 0 Å². The van der Waals surface area contributed by atoms with Gasteiger partial charge in [0.2, 0.25) is 11.8 Å². The van der Waals surface area contributed by atoms with Crippen LogP contribution in [-0.2, 0) is 14.3 Å². The highest BCUT2D eigenvalue weighted by Gasteiger charge is 2.38. The second-order valence-electron chi connectivity index (χ2n) is 9.45. The minimum Gasteiger partial charge on any atom is -0.376 e. The molecule has 3 rings (SSSR count). The minimum absolute atomic E-state index is 0.0548. The molecule has 0 aromatic heterocycles. The van der Waals surface area contributed by atoms with Crippen LogP contribution < -0.4 is 5.32 Å². The lowest BCUT2D eigenvalue weighted by atomic mass is 9.93. The van der Waals surface area contributed by atoms with E-state index in [-0.39, 0.29) is 29.4 Å². The molecule has 0 radical (unpaired) electrons. The number of ether oxygens (including phenoxy) is 1. The molecule has 2 heterocycles. The highest BCUT2D eigenvalue weighted by atomic mass is 16.5. The maximum atomic E-state index is 13.1. The van der Waals surface area contributed by atoms with Crippen LogP contribution in [-0.4, -0.2) is 73.1 Å². The van der Waals surface area contributed by atoms with E-state index in [1.165, 1.54) is 12.8 Å². The van der Waals surface area contributed by atoms with Crippen molar-refractivity contribution in [2.75, 3.05) is 39.3 Å². The lowest BCUT2D eigenvalue weighted by molar-refractivity contribution is -0.142. The van der Waals surface area contributed by atoms with E-state index in [1.54, 1.807) is 0 Å². The highest BCUT2D eigenvalue weighted by Crippen LogP contribution is 2.31. The van der Waals surface area contributed by atoms with Gasteiger partial charge in [0.05, 0.1) is 12.1 Å². The molecular weight excluding hydrogens is 342 g/mol. The molecule has 0 aromatic rings. The van der Waals surface area contributed by atoms with Gasteiger partial charge in [-0.15, -0.1) is 0 Å². The zero-order valence-electron chi connectivity index (χ0n) is 17.3. The van der Waals surface area contributed by atoms with Crippen LogP contribution in [0.5, 0.6) is 0 Å². The molecule has 1 aliphatic carbocycles. The molecule has 6 heteroatoms. The third-order valence-electron chi connectivity index (χ3n) is 6.28. The molecule has 6 nitrogen and oxygen atoms in total. The minimum atomic E-state index is -0.342. The van der Waals surface area contributed by atoms with Gasteiger partial charge >= 0.3 is 0 Å². The average Bonchev–Trinajstić information content (AvgIpc) is 3.33. The first-order chi connectivity index (χ1) is 12.9. The summed E-state index contributed by atoms with van der Waals surface area (Å²) in [7, 11) is 0. The number of nitrogens with one attached hydrogen (secondary N) is 1. The van der Waals surface area contributed by atoms with E-state index in [1.807, 2.05) is 25.7 Å². The van der Waals surface area contributed by atoms with Crippen molar-refractivity contribution in [1.82, 2.24) is 15.1 Å². The zero-order chi connectivity index (χ0) is 19.4. The Morgan fingerprint density at radius 2 is 1.70 bits per heavy atom. The second-order valence-corrected chi connectivity index (χ2v) is 9.45. The fourth-order valence-corrected chi connectivity index (χ4v) is 4.75. The third kappa shape index (κ3) is 5.23. The number of carbonyl (C=O) groups excluding carboxylic acids is 2. The maximum absolute atomic E-state index is 13.1. The molecule has 3 fully saturated rings. The standard InChI is InChI=1S/C21H37N3O3/c1-21(2,3)20(26)24-12-10-23(11-13-24)18(16-7-4-5-8-16)19(25)22-15-17-9-6-14-27-17/h16-18H,4-15H2,1-3H3,(H,22,25). The number of nitrogens with zero attached hydrogens (tertiary/aromatic N) is 2. The summed E-state index contributed by atoms with van der Waals surface area (Å²) < 4.78 is 5.65. The van der Waals surface area contributed by atoms with Crippen LogP contribution in [0, 0.1) is 11.3 Å². The Hall–Kier alpha value is -1.14. The fourth-order valence-electron chi connectivity index (χ4n) is 4.75. The molecule has 0 aromatic carbocycles. The topological polar surface area (TPSA) is 61.9 Å². The number of rotatable bonds is 5. The molecule has 0 bridgehead atoms. The second kappa shape index (κ2) is 8.91. The Bertz CT molecular complexity index is 511. The Kier molecular flexibility index (Phi) is 6.79. The van der Waals surface area contributed by atoms with Gasteiger partial charge in [-0.1, -0.05) is 33.6 Å². The number of hydrogen-bond acceptors (Lipinski definition) is 4. The van der Waals surface area contributed by atoms with E-state index < -0.39 is 0 Å². The maximum Gasteiger partial charge on any atom is 0.237 e. The molecule has 2 unspecified atom stereocenters. The number of piperazine rings is 1. The number of amides is 2. The Balaban J connectivity index is 1.58. The van der Waals surface area contributed by atoms with Crippen molar-refractivity contribution in [1.29, 1.82) is 0 Å². The molecule has 154 valence electrons. The fraction of sp³-hybridized carbons (Fsp3) is 0.905. The average molecular weight is 380 g/mol. The summed E-state index contributed by atoms with van der Waals surface area (Å²) in [4.78, 5) is 29.9. The Morgan fingerprint density at radius 3 is 2.26 bits per heavy atom. The van der Waals surface area contributed by atoms with Gasteiger partial charge in [-0.3, -0.25) is 14.5 Å². The first kappa shape index (κ1) is 20.6. The molecule has 27 heavy (non-hydrogen) atoms. The van der Waals surface area contributed by atoms with Crippen molar-refractivity contribution >= 4 is 11.8 Å². The van der Waals surface area contributed by atoms with Crippen LogP contribution >= 0.6 is 0 Å². The monoisotopic (exact) mass is 379 g/mol. The summed E-state index contributed by atoms with van der Waals surface area (Å²) in [6.45, 7) is 10.4. The summed E-state index contributed by atoms with van der Waals surface area (Å²) in [5, 5.41) is 3.17. The molecular formula is C21H37N3O3. The summed E-state index contributed by atoms with van der Waals surface area (Å²) in [6, 6.07) is -0.0548. The molecule has 1 N–H and O–H groups in total. The summed E-state index contributed by atoms with van der Waals surface area (Å²) in [5.41, 5.74) is -0.342. The van der Waals surface area contributed by atoms with Crippen molar-refractivity contribution < 1.29 is 14.3 Å². The van der Waals surface area contributed by atoms with E-state index in [9.17, 15) is 9.59 Å². The van der Waals surface area contributed by atoms with Gasteiger partial charge < -0.3 is 15.0 Å². The Labute approximate surface area is 164 Å². The first-order valence-corrected chi connectivity index (χ1v) is 10.8. The number of carbonyl (C=O) groups is 2. The smallest absolute Gasteiger partial charge is 0.237 e. The van der Waals surface area contributed by atoms with Gasteiger partial charge in [0, 0.05) is 44.7 Å². The van der Waals surface area contributed by atoms with Crippen LogP contribution in [0.15, 0.2) is 0 Å². The van der Waals surface area contributed by atoms with E-state index >= 15 is 0 Å². The van der Waals surface area contributed by atoms with Crippen LogP contribution in [0.25, 0.3) is 0 Å². The molecule has 0 spiro atoms. The summed E-state index contributed by atoms with van der Waals surface area (Å²) in [5.74, 6) is 0.815. The van der Waals surface area contributed by atoms with Gasteiger partial charge in [0.25, 0.3) is 0 Å². The van der Waals surface area contributed by atoms with E-state index in [0.717, 1.165) is 58.5 Å². The predicted octanol–water partition coefficient (Wildman–Crippen LogP) is 2.03. The van der Waals surface area contributed by atoms with Crippen LogP contribution in [0.3, 0.4) is 0 Å². The van der Waals surface area contributed by atoms with Crippen LogP contribution in [0.4, 0.5) is 0 Å². The molecule has 2 atom stereocenters. The quantitative estimate of drug-likeness (QED) is 0.794. The Morgan fingerprint density at radius 1 is 1.04 bits per heavy atom. The van der Waals surface area contributed by atoms with Crippen molar-refractivity contribution in [3.05, 3.63) is 0 Å². The van der Waals surface area contributed by atoms with Gasteiger partial charge in [0.1, 0.15) is 0 Å². The molecule has 2 saturated heterocycles. The summed E-state index contributed by atoms with van der Waals surface area (Å²) >= 11 is 0.